The van der Waals surface area contributed by atoms with Crippen molar-refractivity contribution in [3.63, 3.8) is 0 Å². The van der Waals surface area contributed by atoms with Gasteiger partial charge in [0.2, 0.25) is 0 Å². The van der Waals surface area contributed by atoms with E-state index in [0.29, 0.717) is 23.3 Å². The molecule has 0 saturated heterocycles. The summed E-state index contributed by atoms with van der Waals surface area (Å²) in [5.74, 6) is -0.274. The molecule has 1 unspecified atom stereocenters. The van der Waals surface area contributed by atoms with Gasteiger partial charge in [-0.2, -0.15) is 0 Å². The fraction of sp³-hybridized carbons (Fsp3) is 0.381. The van der Waals surface area contributed by atoms with Crippen molar-refractivity contribution in [1.82, 2.24) is 0 Å². The molecule has 0 saturated carbocycles. The number of halogens is 1. The molecule has 0 aliphatic heterocycles. The van der Waals surface area contributed by atoms with Crippen LogP contribution < -0.4 is 4.74 Å². The van der Waals surface area contributed by atoms with Crippen molar-refractivity contribution in [3.05, 3.63) is 58.1 Å². The molecule has 0 radical (unpaired) electrons. The lowest BCUT2D eigenvalue weighted by atomic mass is 10.0. The van der Waals surface area contributed by atoms with Gasteiger partial charge in [0.25, 0.3) is 0 Å². The third-order valence-corrected chi connectivity index (χ3v) is 4.62. The largest absolute Gasteiger partial charge is 0.507 e. The molecule has 4 nitrogen and oxygen atoms in total. The maximum Gasteiger partial charge on any atom is 0.344 e. The second-order valence-corrected chi connectivity index (χ2v) is 7.01. The number of carboxylic acid groups (broad SMARTS) is 1. The van der Waals surface area contributed by atoms with Gasteiger partial charge in [0.1, 0.15) is 11.5 Å². The number of ether oxygens (including phenoxy) is 1. The van der Waals surface area contributed by atoms with Crippen LogP contribution in [-0.4, -0.2) is 22.3 Å². The van der Waals surface area contributed by atoms with E-state index in [9.17, 15) is 15.0 Å². The lowest BCUT2D eigenvalue weighted by Crippen LogP contribution is -2.27. The zero-order valence-corrected chi connectivity index (χ0v) is 15.9. The number of phenolic OH excluding ortho intramolecular Hbond substituents is 1. The van der Waals surface area contributed by atoms with Gasteiger partial charge in [0, 0.05) is 5.02 Å². The van der Waals surface area contributed by atoms with Crippen LogP contribution in [0, 0.1) is 13.8 Å². The van der Waals surface area contributed by atoms with Crippen LogP contribution in [0.4, 0.5) is 0 Å². The van der Waals surface area contributed by atoms with Crippen LogP contribution in [0.1, 0.15) is 42.4 Å². The second-order valence-electron chi connectivity index (χ2n) is 6.58. The number of aromatic hydroxyl groups is 1. The summed E-state index contributed by atoms with van der Waals surface area (Å²) in [5, 5.41) is 19.9. The van der Waals surface area contributed by atoms with Crippen molar-refractivity contribution in [1.29, 1.82) is 0 Å². The summed E-state index contributed by atoms with van der Waals surface area (Å²) in [6.07, 6.45) is 3.23. The normalized spacial score (nSPS) is 12.0. The average Bonchev–Trinajstić information content (AvgIpc) is 2.59. The lowest BCUT2D eigenvalue weighted by molar-refractivity contribution is -0.145. The molecule has 0 spiro atoms. The fourth-order valence-electron chi connectivity index (χ4n) is 2.87. The molecule has 0 bridgehead atoms. The molecule has 0 amide bonds. The van der Waals surface area contributed by atoms with Crippen LogP contribution in [-0.2, 0) is 11.2 Å². The SMILES string of the molecule is Cc1cc(OC(CCCCCc2ccc(Cl)cc2)C(=O)O)cc(C)c1O. The molecule has 5 heteroatoms. The number of carbonyl (C=O) groups is 1. The lowest BCUT2D eigenvalue weighted by Gasteiger charge is -2.16. The number of unbranched alkanes of at least 4 members (excludes halogenated alkanes) is 2. The standard InChI is InChI=1S/C21H25ClO4/c1-14-12-18(13-15(2)20(14)23)26-19(21(24)25)7-5-3-4-6-16-8-10-17(22)11-9-16/h8-13,19,23H,3-7H2,1-2H3,(H,24,25). The van der Waals surface area contributed by atoms with E-state index in [2.05, 4.69) is 0 Å². The molecule has 0 aromatic heterocycles. The van der Waals surface area contributed by atoms with Crippen LogP contribution in [0.5, 0.6) is 11.5 Å². The van der Waals surface area contributed by atoms with Crippen molar-refractivity contribution >= 4 is 17.6 Å². The summed E-state index contributed by atoms with van der Waals surface area (Å²) >= 11 is 5.87. The molecular weight excluding hydrogens is 352 g/mol. The predicted molar refractivity (Wildman–Crippen MR) is 103 cm³/mol. The average molecular weight is 377 g/mol. The quantitative estimate of drug-likeness (QED) is 0.583. The molecule has 2 N–H and O–H groups in total. The van der Waals surface area contributed by atoms with Gasteiger partial charge in [-0.25, -0.2) is 4.79 Å². The van der Waals surface area contributed by atoms with Crippen LogP contribution in [0.2, 0.25) is 5.02 Å². The Morgan fingerprint density at radius 1 is 1.08 bits per heavy atom. The van der Waals surface area contributed by atoms with Crippen molar-refractivity contribution in [2.24, 2.45) is 0 Å². The number of aryl methyl sites for hydroxylation is 3. The Balaban J connectivity index is 1.81. The third-order valence-electron chi connectivity index (χ3n) is 4.36. The van der Waals surface area contributed by atoms with Gasteiger partial charge >= 0.3 is 5.97 Å². The molecule has 0 aliphatic carbocycles. The van der Waals surface area contributed by atoms with Gasteiger partial charge in [-0.15, -0.1) is 0 Å². The Morgan fingerprint density at radius 2 is 1.69 bits per heavy atom. The minimum atomic E-state index is -0.967. The van der Waals surface area contributed by atoms with Gasteiger partial charge in [0.15, 0.2) is 6.10 Å². The molecule has 26 heavy (non-hydrogen) atoms. The highest BCUT2D eigenvalue weighted by Gasteiger charge is 2.19. The topological polar surface area (TPSA) is 66.8 Å². The van der Waals surface area contributed by atoms with Crippen molar-refractivity contribution in [3.8, 4) is 11.5 Å². The number of aliphatic carboxylic acids is 1. The van der Waals surface area contributed by atoms with Crippen molar-refractivity contribution in [2.45, 2.75) is 52.1 Å². The third kappa shape index (κ3) is 5.95. The molecule has 2 aromatic carbocycles. The van der Waals surface area contributed by atoms with Gasteiger partial charge in [0.05, 0.1) is 0 Å². The Morgan fingerprint density at radius 3 is 2.27 bits per heavy atom. The van der Waals surface area contributed by atoms with Crippen LogP contribution in [0.15, 0.2) is 36.4 Å². The van der Waals surface area contributed by atoms with Gasteiger partial charge in [-0.3, -0.25) is 0 Å². The van der Waals surface area contributed by atoms with Gasteiger partial charge in [-0.05, 0) is 80.5 Å². The maximum atomic E-state index is 11.5. The number of hydrogen-bond donors (Lipinski definition) is 2. The highest BCUT2D eigenvalue weighted by molar-refractivity contribution is 6.30. The van der Waals surface area contributed by atoms with Crippen LogP contribution in [0.3, 0.4) is 0 Å². The maximum absolute atomic E-state index is 11.5. The van der Waals surface area contributed by atoms with E-state index in [0.717, 1.165) is 30.7 Å². The highest BCUT2D eigenvalue weighted by Crippen LogP contribution is 2.28. The number of hydrogen-bond acceptors (Lipinski definition) is 3. The summed E-state index contributed by atoms with van der Waals surface area (Å²) in [6.45, 7) is 3.53. The zero-order chi connectivity index (χ0) is 19.1. The number of phenols is 1. The van der Waals surface area contributed by atoms with E-state index in [4.69, 9.17) is 16.3 Å². The molecule has 1 atom stereocenters. The van der Waals surface area contributed by atoms with Crippen molar-refractivity contribution < 1.29 is 19.7 Å². The fourth-order valence-corrected chi connectivity index (χ4v) is 2.99. The Kier molecular flexibility index (Phi) is 7.34. The smallest absolute Gasteiger partial charge is 0.344 e. The molecule has 2 aromatic rings. The first-order valence-corrected chi connectivity index (χ1v) is 9.18. The first kappa shape index (κ1) is 20.1. The van der Waals surface area contributed by atoms with E-state index in [1.165, 1.54) is 5.56 Å². The summed E-state index contributed by atoms with van der Waals surface area (Å²) in [6, 6.07) is 11.1. The summed E-state index contributed by atoms with van der Waals surface area (Å²) in [4.78, 5) is 11.5. The second kappa shape index (κ2) is 9.48. The molecular formula is C21H25ClO4. The van der Waals surface area contributed by atoms with Crippen molar-refractivity contribution in [2.75, 3.05) is 0 Å². The first-order valence-electron chi connectivity index (χ1n) is 8.81. The minimum absolute atomic E-state index is 0.214. The van der Waals surface area contributed by atoms with E-state index in [1.54, 1.807) is 26.0 Å². The van der Waals surface area contributed by atoms with Gasteiger partial charge in [-0.1, -0.05) is 30.2 Å². The number of rotatable bonds is 9. The van der Waals surface area contributed by atoms with E-state index in [1.807, 2.05) is 24.3 Å². The molecule has 0 aliphatic rings. The van der Waals surface area contributed by atoms with Gasteiger partial charge < -0.3 is 14.9 Å². The van der Waals surface area contributed by atoms with E-state index < -0.39 is 12.1 Å². The Bertz CT molecular complexity index is 717. The number of carboxylic acids is 1. The molecule has 2 rings (SSSR count). The van der Waals surface area contributed by atoms with Crippen LogP contribution in [0.25, 0.3) is 0 Å². The van der Waals surface area contributed by atoms with E-state index in [-0.39, 0.29) is 5.75 Å². The summed E-state index contributed by atoms with van der Waals surface area (Å²) in [7, 11) is 0. The predicted octanol–water partition coefficient (Wildman–Crippen LogP) is 5.30. The van der Waals surface area contributed by atoms with Crippen LogP contribution >= 0.6 is 11.6 Å². The number of benzene rings is 2. The zero-order valence-electron chi connectivity index (χ0n) is 15.2. The summed E-state index contributed by atoms with van der Waals surface area (Å²) in [5.41, 5.74) is 2.58. The highest BCUT2D eigenvalue weighted by atomic mass is 35.5. The molecule has 140 valence electrons. The Hall–Kier alpha value is -2.20. The first-order chi connectivity index (χ1) is 12.4. The summed E-state index contributed by atoms with van der Waals surface area (Å²) < 4.78 is 5.65. The molecule has 0 heterocycles. The minimum Gasteiger partial charge on any atom is -0.507 e. The molecule has 0 fully saturated rings. The monoisotopic (exact) mass is 376 g/mol. The Labute approximate surface area is 159 Å². The van der Waals surface area contributed by atoms with E-state index >= 15 is 0 Å².